The third-order valence-corrected chi connectivity index (χ3v) is 12.7. The van der Waals surface area contributed by atoms with Gasteiger partial charge in [-0.25, -0.2) is 31.7 Å². The number of ether oxygens (including phenoxy) is 4. The summed E-state index contributed by atoms with van der Waals surface area (Å²) < 4.78 is 84.8. The molecule has 1 fully saturated rings. The molecule has 0 N–H and O–H groups in total. The Kier molecular flexibility index (Phi) is 13.0. The van der Waals surface area contributed by atoms with Gasteiger partial charge in [-0.3, -0.25) is 0 Å². The Hall–Kier alpha value is -5.64. The molecule has 1 saturated carbocycles. The number of hydrogen-bond acceptors (Lipinski definition) is 10. The maximum atomic E-state index is 16.5. The summed E-state index contributed by atoms with van der Waals surface area (Å²) in [7, 11) is -1.29. The molecule has 60 heavy (non-hydrogen) atoms. The molecule has 0 radical (unpaired) electrons. The van der Waals surface area contributed by atoms with E-state index in [-0.39, 0.29) is 43.7 Å². The summed E-state index contributed by atoms with van der Waals surface area (Å²) >= 11 is 1.23. The number of sulfonamides is 1. The average molecular weight is 857 g/mol. The van der Waals surface area contributed by atoms with E-state index in [1.54, 1.807) is 112 Å². The van der Waals surface area contributed by atoms with Crippen LogP contribution in [0.15, 0.2) is 95.2 Å². The molecule has 15 heteroatoms. The Morgan fingerprint density at radius 3 is 2.08 bits per heavy atom. The number of benzene rings is 4. The number of thiazole rings is 1. The fourth-order valence-electron chi connectivity index (χ4n) is 6.82. The fourth-order valence-corrected chi connectivity index (χ4v) is 9.05. The normalized spacial score (nSPS) is 12.9. The molecule has 314 valence electrons. The minimum absolute atomic E-state index is 0.0264. The summed E-state index contributed by atoms with van der Waals surface area (Å²) in [6.45, 7) is 5.47. The van der Waals surface area contributed by atoms with E-state index in [1.165, 1.54) is 33.8 Å². The Bertz CT molecular complexity index is 2520. The van der Waals surface area contributed by atoms with E-state index in [0.29, 0.717) is 56.9 Å². The van der Waals surface area contributed by atoms with Gasteiger partial charge in [0.05, 0.1) is 38.3 Å². The van der Waals surface area contributed by atoms with Crippen LogP contribution in [0.4, 0.5) is 8.78 Å². The van der Waals surface area contributed by atoms with E-state index in [1.807, 2.05) is 0 Å². The van der Waals surface area contributed by atoms with Crippen LogP contribution in [0.2, 0.25) is 0 Å². The van der Waals surface area contributed by atoms with E-state index >= 15 is 4.39 Å². The van der Waals surface area contributed by atoms with Gasteiger partial charge in [-0.15, -0.1) is 11.3 Å². The summed E-state index contributed by atoms with van der Waals surface area (Å²) in [6.07, 6.45) is 2.51. The van der Waals surface area contributed by atoms with E-state index in [2.05, 4.69) is 4.98 Å². The van der Waals surface area contributed by atoms with Crippen LogP contribution in [-0.2, 0) is 40.7 Å². The number of methoxy groups -OCH3 is 2. The lowest BCUT2D eigenvalue weighted by Gasteiger charge is -2.23. The van der Waals surface area contributed by atoms with Crippen LogP contribution in [0.1, 0.15) is 72.0 Å². The van der Waals surface area contributed by atoms with Crippen molar-refractivity contribution in [2.24, 2.45) is 5.92 Å². The van der Waals surface area contributed by atoms with Crippen LogP contribution >= 0.6 is 11.3 Å². The fraction of sp³-hybridized carbons (Fsp3) is 0.311. The Labute approximate surface area is 352 Å². The Morgan fingerprint density at radius 2 is 1.52 bits per heavy atom. The molecule has 1 aliphatic carbocycles. The summed E-state index contributed by atoms with van der Waals surface area (Å²) in [5.41, 5.74) is 4.61. The zero-order chi connectivity index (χ0) is 42.6. The largest absolute Gasteiger partial charge is 0.497 e. The summed E-state index contributed by atoms with van der Waals surface area (Å²) in [5.74, 6) is -0.323. The second-order valence-corrected chi connectivity index (χ2v) is 17.5. The average Bonchev–Trinajstić information content (AvgIpc) is 3.80. The topological polar surface area (TPSA) is 122 Å². The van der Waals surface area contributed by atoms with E-state index in [9.17, 15) is 17.6 Å². The minimum Gasteiger partial charge on any atom is -0.497 e. The van der Waals surface area contributed by atoms with Gasteiger partial charge >= 0.3 is 5.97 Å². The molecule has 6 aromatic rings. The van der Waals surface area contributed by atoms with Crippen LogP contribution < -0.4 is 14.2 Å². The molecule has 0 atom stereocenters. The first kappa shape index (κ1) is 42.5. The van der Waals surface area contributed by atoms with Crippen molar-refractivity contribution in [3.05, 3.63) is 136 Å². The van der Waals surface area contributed by atoms with Crippen LogP contribution in [0, 0.1) is 17.6 Å². The van der Waals surface area contributed by atoms with Crippen LogP contribution in [0.3, 0.4) is 0 Å². The maximum absolute atomic E-state index is 16.5. The lowest BCUT2D eigenvalue weighted by atomic mass is 9.96. The second kappa shape index (κ2) is 18.3. The molecule has 2 aromatic heterocycles. The molecule has 0 amide bonds. The van der Waals surface area contributed by atoms with Gasteiger partial charge in [0.2, 0.25) is 15.2 Å². The predicted octanol–water partition coefficient (Wildman–Crippen LogP) is 9.19. The first-order valence-electron chi connectivity index (χ1n) is 19.6. The molecule has 0 bridgehead atoms. The standard InChI is InChI=1S/C45H46F2N4O7S2/c1-6-57-44(52)39-27-59-45(48-39)51-40(23-29-7-8-29)36(43(49-51)33-14-19-37(46)41(24-33)58-28(2)3)21-32-13-20-42(38(47)22-32)60(53,54)50(25-30-9-15-34(55-4)16-10-30)26-31-11-17-35(56-5)18-12-31/h9-20,22,24,27-29H,6-8,21,23,25-26H2,1-5H3. The van der Waals surface area contributed by atoms with Crippen molar-refractivity contribution >= 4 is 27.3 Å². The van der Waals surface area contributed by atoms with Crippen LogP contribution in [0.5, 0.6) is 17.2 Å². The SMILES string of the molecule is CCOC(=O)c1csc(-n2nc(-c3ccc(F)c(OC(C)C)c3)c(Cc3ccc(S(=O)(=O)N(Cc4ccc(OC)cc4)Cc4ccc(OC)cc4)c(F)c3)c2CC2CC2)n1. The van der Waals surface area contributed by atoms with Crippen molar-refractivity contribution in [2.45, 2.75) is 70.5 Å². The summed E-state index contributed by atoms with van der Waals surface area (Å²) in [6, 6.07) is 22.7. The number of hydrogen-bond donors (Lipinski definition) is 0. The highest BCUT2D eigenvalue weighted by atomic mass is 32.2. The molecular weight excluding hydrogens is 811 g/mol. The lowest BCUT2D eigenvalue weighted by Crippen LogP contribution is -2.31. The molecular formula is C45H46F2N4O7S2. The molecule has 0 unspecified atom stereocenters. The minimum atomic E-state index is -4.39. The van der Waals surface area contributed by atoms with Crippen molar-refractivity contribution in [1.82, 2.24) is 19.1 Å². The van der Waals surface area contributed by atoms with E-state index < -0.39 is 32.5 Å². The lowest BCUT2D eigenvalue weighted by molar-refractivity contribution is 0.0520. The molecule has 2 heterocycles. The third-order valence-electron chi connectivity index (χ3n) is 10.0. The van der Waals surface area contributed by atoms with Gasteiger partial charge in [0.1, 0.15) is 22.2 Å². The molecule has 4 aromatic carbocycles. The van der Waals surface area contributed by atoms with Crippen molar-refractivity contribution in [2.75, 3.05) is 20.8 Å². The van der Waals surface area contributed by atoms with Crippen molar-refractivity contribution < 1.29 is 40.9 Å². The zero-order valence-corrected chi connectivity index (χ0v) is 35.6. The number of aromatic nitrogens is 3. The second-order valence-electron chi connectivity index (χ2n) is 14.8. The third kappa shape index (κ3) is 9.69. The Balaban J connectivity index is 1.28. The molecule has 7 rings (SSSR count). The predicted molar refractivity (Wildman–Crippen MR) is 224 cm³/mol. The first-order valence-corrected chi connectivity index (χ1v) is 21.9. The van der Waals surface area contributed by atoms with Crippen LogP contribution in [-0.4, -0.2) is 60.4 Å². The maximum Gasteiger partial charge on any atom is 0.357 e. The smallest absolute Gasteiger partial charge is 0.357 e. The van der Waals surface area contributed by atoms with Gasteiger partial charge in [-0.05, 0) is 117 Å². The van der Waals surface area contributed by atoms with E-state index in [0.717, 1.165) is 24.1 Å². The number of carbonyl (C=O) groups is 1. The Morgan fingerprint density at radius 1 is 0.883 bits per heavy atom. The zero-order valence-electron chi connectivity index (χ0n) is 34.0. The highest BCUT2D eigenvalue weighted by Crippen LogP contribution is 2.39. The van der Waals surface area contributed by atoms with Gasteiger partial charge in [0, 0.05) is 36.0 Å². The number of carbonyl (C=O) groups excluding carboxylic acids is 1. The van der Waals surface area contributed by atoms with Gasteiger partial charge < -0.3 is 18.9 Å². The van der Waals surface area contributed by atoms with Gasteiger partial charge in [0.15, 0.2) is 17.3 Å². The van der Waals surface area contributed by atoms with Crippen LogP contribution in [0.25, 0.3) is 16.4 Å². The quantitative estimate of drug-likeness (QED) is 0.0779. The van der Waals surface area contributed by atoms with Crippen molar-refractivity contribution in [3.8, 4) is 33.6 Å². The number of rotatable bonds is 18. The van der Waals surface area contributed by atoms with Crippen molar-refractivity contribution in [3.63, 3.8) is 0 Å². The molecule has 0 saturated heterocycles. The monoisotopic (exact) mass is 856 g/mol. The first-order chi connectivity index (χ1) is 28.9. The van der Waals surface area contributed by atoms with E-state index in [4.69, 9.17) is 24.0 Å². The van der Waals surface area contributed by atoms with Gasteiger partial charge in [-0.1, -0.05) is 30.3 Å². The summed E-state index contributed by atoms with van der Waals surface area (Å²) in [4.78, 5) is 16.7. The highest BCUT2D eigenvalue weighted by Gasteiger charge is 2.32. The molecule has 1 aliphatic rings. The van der Waals surface area contributed by atoms with Crippen molar-refractivity contribution in [1.29, 1.82) is 0 Å². The molecule has 11 nitrogen and oxygen atoms in total. The molecule has 0 spiro atoms. The number of esters is 1. The summed E-state index contributed by atoms with van der Waals surface area (Å²) in [5, 5.41) is 7.07. The number of halogens is 2. The van der Waals surface area contributed by atoms with Gasteiger partial charge in [-0.2, -0.15) is 9.40 Å². The molecule has 0 aliphatic heterocycles. The highest BCUT2D eigenvalue weighted by molar-refractivity contribution is 7.89. The van der Waals surface area contributed by atoms with Gasteiger partial charge in [0.25, 0.3) is 0 Å². The number of nitrogens with zero attached hydrogens (tertiary/aromatic N) is 4.